The van der Waals surface area contributed by atoms with Crippen molar-refractivity contribution in [2.75, 3.05) is 13.7 Å². The largest absolute Gasteiger partial charge is 0.497 e. The molecule has 5 nitrogen and oxygen atoms in total. The van der Waals surface area contributed by atoms with Crippen LogP contribution in [-0.4, -0.2) is 22.1 Å². The fourth-order valence-corrected chi connectivity index (χ4v) is 3.07. The molecule has 2 rings (SSSR count). The van der Waals surface area contributed by atoms with E-state index >= 15 is 0 Å². The van der Waals surface area contributed by atoms with Crippen LogP contribution in [-0.2, 0) is 16.6 Å². The number of unbranched alkanes of at least 4 members (excludes halogenated alkanes) is 1. The Hall–Kier alpha value is -2.05. The second kappa shape index (κ2) is 8.70. The van der Waals surface area contributed by atoms with Crippen LogP contribution in [0.4, 0.5) is 0 Å². The van der Waals surface area contributed by atoms with Crippen molar-refractivity contribution >= 4 is 10.0 Å². The molecule has 0 unspecified atom stereocenters. The van der Waals surface area contributed by atoms with Crippen LogP contribution in [0.3, 0.4) is 0 Å². The van der Waals surface area contributed by atoms with Crippen LogP contribution in [0.25, 0.3) is 0 Å². The van der Waals surface area contributed by atoms with Crippen molar-refractivity contribution in [2.45, 2.75) is 31.2 Å². The highest BCUT2D eigenvalue weighted by molar-refractivity contribution is 7.89. The molecule has 0 saturated carbocycles. The lowest BCUT2D eigenvalue weighted by molar-refractivity contribution is 0.309. The zero-order valence-electron chi connectivity index (χ0n) is 14.0. The van der Waals surface area contributed by atoms with Crippen molar-refractivity contribution in [1.29, 1.82) is 0 Å². The van der Waals surface area contributed by atoms with Crippen molar-refractivity contribution in [3.05, 3.63) is 54.1 Å². The van der Waals surface area contributed by atoms with Gasteiger partial charge in [-0.15, -0.1) is 0 Å². The molecule has 0 bridgehead atoms. The Balaban J connectivity index is 1.96. The molecule has 0 heterocycles. The van der Waals surface area contributed by atoms with E-state index in [9.17, 15) is 8.42 Å². The third kappa shape index (κ3) is 5.25. The van der Waals surface area contributed by atoms with Crippen LogP contribution >= 0.6 is 0 Å². The van der Waals surface area contributed by atoms with E-state index in [1.165, 1.54) is 0 Å². The number of nitrogens with one attached hydrogen (secondary N) is 1. The lowest BCUT2D eigenvalue weighted by Gasteiger charge is -2.09. The van der Waals surface area contributed by atoms with E-state index in [1.54, 1.807) is 43.5 Å². The van der Waals surface area contributed by atoms with E-state index in [0.717, 1.165) is 24.2 Å². The Kier molecular flexibility index (Phi) is 6.63. The fourth-order valence-electron chi connectivity index (χ4n) is 2.05. The summed E-state index contributed by atoms with van der Waals surface area (Å²) in [7, 11) is -1.96. The van der Waals surface area contributed by atoms with Crippen molar-refractivity contribution < 1.29 is 17.9 Å². The van der Waals surface area contributed by atoms with Crippen molar-refractivity contribution in [1.82, 2.24) is 4.72 Å². The SMILES string of the molecule is CCCCOc1ccc(S(=O)(=O)NCc2ccc(OC)cc2)cc1. The van der Waals surface area contributed by atoms with Gasteiger partial charge < -0.3 is 9.47 Å². The molecule has 0 amide bonds. The van der Waals surface area contributed by atoms with Gasteiger partial charge in [-0.1, -0.05) is 25.5 Å². The second-order valence-electron chi connectivity index (χ2n) is 5.35. The van der Waals surface area contributed by atoms with Gasteiger partial charge in [-0.25, -0.2) is 13.1 Å². The first kappa shape index (κ1) is 18.3. The van der Waals surface area contributed by atoms with E-state index in [0.29, 0.717) is 12.4 Å². The Morgan fingerprint density at radius 2 is 1.58 bits per heavy atom. The standard InChI is InChI=1S/C18H23NO4S/c1-3-4-13-23-17-9-11-18(12-10-17)24(20,21)19-14-15-5-7-16(22-2)8-6-15/h5-12,19H,3-4,13-14H2,1-2H3. The summed E-state index contributed by atoms with van der Waals surface area (Å²) in [6.45, 7) is 2.95. The van der Waals surface area contributed by atoms with Gasteiger partial charge in [0.2, 0.25) is 10.0 Å². The lowest BCUT2D eigenvalue weighted by Crippen LogP contribution is -2.23. The predicted molar refractivity (Wildman–Crippen MR) is 93.9 cm³/mol. The molecule has 6 heteroatoms. The Morgan fingerprint density at radius 1 is 0.958 bits per heavy atom. The second-order valence-corrected chi connectivity index (χ2v) is 7.11. The first-order valence-corrected chi connectivity index (χ1v) is 9.39. The molecule has 0 spiro atoms. The number of ether oxygens (including phenoxy) is 2. The highest BCUT2D eigenvalue weighted by Gasteiger charge is 2.13. The van der Waals surface area contributed by atoms with Crippen LogP contribution < -0.4 is 14.2 Å². The Morgan fingerprint density at radius 3 is 2.17 bits per heavy atom. The molecule has 0 aliphatic carbocycles. The summed E-state index contributed by atoms with van der Waals surface area (Å²) in [4.78, 5) is 0.221. The van der Waals surface area contributed by atoms with Crippen LogP contribution in [0.1, 0.15) is 25.3 Å². The minimum atomic E-state index is -3.55. The monoisotopic (exact) mass is 349 g/mol. The summed E-state index contributed by atoms with van der Waals surface area (Å²) in [6.07, 6.45) is 2.03. The lowest BCUT2D eigenvalue weighted by atomic mass is 10.2. The molecular weight excluding hydrogens is 326 g/mol. The maximum atomic E-state index is 12.3. The highest BCUT2D eigenvalue weighted by Crippen LogP contribution is 2.17. The van der Waals surface area contributed by atoms with Crippen molar-refractivity contribution in [2.24, 2.45) is 0 Å². The van der Waals surface area contributed by atoms with E-state index < -0.39 is 10.0 Å². The van der Waals surface area contributed by atoms with Gasteiger partial charge in [-0.3, -0.25) is 0 Å². The molecule has 0 aliphatic rings. The van der Waals surface area contributed by atoms with Crippen LogP contribution in [0, 0.1) is 0 Å². The first-order valence-electron chi connectivity index (χ1n) is 7.90. The zero-order valence-corrected chi connectivity index (χ0v) is 14.8. The smallest absolute Gasteiger partial charge is 0.240 e. The molecule has 0 atom stereocenters. The maximum absolute atomic E-state index is 12.3. The van der Waals surface area contributed by atoms with Gasteiger partial charge in [0.15, 0.2) is 0 Å². The molecule has 24 heavy (non-hydrogen) atoms. The number of methoxy groups -OCH3 is 1. The van der Waals surface area contributed by atoms with E-state index in [1.807, 2.05) is 12.1 Å². The third-order valence-electron chi connectivity index (χ3n) is 3.53. The molecule has 130 valence electrons. The molecule has 0 radical (unpaired) electrons. The number of benzene rings is 2. The minimum Gasteiger partial charge on any atom is -0.497 e. The van der Waals surface area contributed by atoms with Gasteiger partial charge in [0.1, 0.15) is 11.5 Å². The number of hydrogen-bond acceptors (Lipinski definition) is 4. The summed E-state index contributed by atoms with van der Waals surface area (Å²) in [5, 5.41) is 0. The summed E-state index contributed by atoms with van der Waals surface area (Å²) < 4.78 is 37.9. The first-order chi connectivity index (χ1) is 11.5. The zero-order chi connectivity index (χ0) is 17.4. The van der Waals surface area contributed by atoms with Gasteiger partial charge in [-0.2, -0.15) is 0 Å². The van der Waals surface area contributed by atoms with Crippen molar-refractivity contribution in [3.8, 4) is 11.5 Å². The molecule has 0 fully saturated rings. The fraction of sp³-hybridized carbons (Fsp3) is 0.333. The van der Waals surface area contributed by atoms with Gasteiger partial charge in [0.05, 0.1) is 18.6 Å². The molecular formula is C18H23NO4S. The Bertz CT molecular complexity index is 725. The van der Waals surface area contributed by atoms with Gasteiger partial charge in [0.25, 0.3) is 0 Å². The summed E-state index contributed by atoms with van der Waals surface area (Å²) in [6, 6.07) is 13.7. The van der Waals surface area contributed by atoms with Crippen molar-refractivity contribution in [3.63, 3.8) is 0 Å². The summed E-state index contributed by atoms with van der Waals surface area (Å²) >= 11 is 0. The van der Waals surface area contributed by atoms with Gasteiger partial charge in [-0.05, 0) is 48.4 Å². The average molecular weight is 349 g/mol. The van der Waals surface area contributed by atoms with E-state index in [-0.39, 0.29) is 11.4 Å². The van der Waals surface area contributed by atoms with E-state index in [2.05, 4.69) is 11.6 Å². The highest BCUT2D eigenvalue weighted by atomic mass is 32.2. The van der Waals surface area contributed by atoms with Crippen LogP contribution in [0.15, 0.2) is 53.4 Å². The molecule has 0 aliphatic heterocycles. The summed E-state index contributed by atoms with van der Waals surface area (Å²) in [5.41, 5.74) is 0.860. The molecule has 1 N–H and O–H groups in total. The quantitative estimate of drug-likeness (QED) is 0.705. The van der Waals surface area contributed by atoms with Gasteiger partial charge in [0, 0.05) is 6.54 Å². The summed E-state index contributed by atoms with van der Waals surface area (Å²) in [5.74, 6) is 1.41. The minimum absolute atomic E-state index is 0.221. The number of sulfonamides is 1. The normalized spacial score (nSPS) is 11.2. The predicted octanol–water partition coefficient (Wildman–Crippen LogP) is 3.35. The molecule has 2 aromatic rings. The third-order valence-corrected chi connectivity index (χ3v) is 4.94. The number of hydrogen-bond donors (Lipinski definition) is 1. The van der Waals surface area contributed by atoms with Gasteiger partial charge >= 0.3 is 0 Å². The molecule has 0 aromatic heterocycles. The maximum Gasteiger partial charge on any atom is 0.240 e. The molecule has 0 saturated heterocycles. The van der Waals surface area contributed by atoms with Crippen LogP contribution in [0.2, 0.25) is 0 Å². The molecule has 2 aromatic carbocycles. The van der Waals surface area contributed by atoms with E-state index in [4.69, 9.17) is 9.47 Å². The topological polar surface area (TPSA) is 64.6 Å². The van der Waals surface area contributed by atoms with Crippen LogP contribution in [0.5, 0.6) is 11.5 Å². The average Bonchev–Trinajstić information content (AvgIpc) is 2.61. The number of rotatable bonds is 9. The Labute approximate surface area is 143 Å².